The van der Waals surface area contributed by atoms with E-state index < -0.39 is 27.8 Å². The van der Waals surface area contributed by atoms with Crippen molar-refractivity contribution in [3.05, 3.63) is 60.1 Å². The molecule has 1 aromatic carbocycles. The van der Waals surface area contributed by atoms with Gasteiger partial charge in [-0.2, -0.15) is 4.31 Å². The third-order valence-corrected chi connectivity index (χ3v) is 6.54. The van der Waals surface area contributed by atoms with Gasteiger partial charge in [0.05, 0.1) is 17.1 Å². The first kappa shape index (κ1) is 20.8. The third-order valence-electron chi connectivity index (χ3n) is 4.66. The van der Waals surface area contributed by atoms with Crippen LogP contribution >= 0.6 is 0 Å². The number of nitrogens with zero attached hydrogens (tertiary/aromatic N) is 1. The lowest BCUT2D eigenvalue weighted by molar-refractivity contribution is -0.130. The van der Waals surface area contributed by atoms with Crippen LogP contribution in [-0.2, 0) is 19.6 Å². The van der Waals surface area contributed by atoms with Crippen molar-refractivity contribution in [1.29, 1.82) is 0 Å². The normalized spacial score (nSPS) is 17.9. The summed E-state index contributed by atoms with van der Waals surface area (Å²) in [5.74, 6) is -0.975. The van der Waals surface area contributed by atoms with Gasteiger partial charge < -0.3 is 4.42 Å². The van der Waals surface area contributed by atoms with Gasteiger partial charge in [-0.05, 0) is 50.1 Å². The standard InChI is InChI=1S/C20H23N3O5S/c1-15-6-9-18(10-7-15)29(26,27)23-12-2-4-16(14-23)20(25)22-21-19(24)11-8-17-5-3-13-28-17/h3,5-11,13,16H,2,4,12,14H2,1H3,(H,21,24)(H,22,25)/b11-8+/t16-/m1/s1. The summed E-state index contributed by atoms with van der Waals surface area (Å²) in [6.07, 6.45) is 5.30. The second-order valence-electron chi connectivity index (χ2n) is 6.84. The Morgan fingerprint density at radius 3 is 2.62 bits per heavy atom. The van der Waals surface area contributed by atoms with E-state index in [-0.39, 0.29) is 11.4 Å². The molecule has 1 aromatic heterocycles. The fraction of sp³-hybridized carbons (Fsp3) is 0.300. The first-order valence-corrected chi connectivity index (χ1v) is 10.7. The molecule has 2 N–H and O–H groups in total. The summed E-state index contributed by atoms with van der Waals surface area (Å²) in [5.41, 5.74) is 5.63. The van der Waals surface area contributed by atoms with Gasteiger partial charge in [-0.1, -0.05) is 17.7 Å². The topological polar surface area (TPSA) is 109 Å². The van der Waals surface area contributed by atoms with E-state index >= 15 is 0 Å². The van der Waals surface area contributed by atoms with Crippen LogP contribution < -0.4 is 10.9 Å². The molecule has 3 rings (SSSR count). The fourth-order valence-corrected chi connectivity index (χ4v) is 4.57. The zero-order valence-electron chi connectivity index (χ0n) is 16.0. The van der Waals surface area contributed by atoms with E-state index in [0.29, 0.717) is 25.1 Å². The molecule has 0 spiro atoms. The van der Waals surface area contributed by atoms with Crippen LogP contribution in [0.1, 0.15) is 24.2 Å². The van der Waals surface area contributed by atoms with Gasteiger partial charge in [0.15, 0.2) is 0 Å². The fourth-order valence-electron chi connectivity index (χ4n) is 3.04. The summed E-state index contributed by atoms with van der Waals surface area (Å²) in [6.45, 7) is 2.31. The second kappa shape index (κ2) is 9.06. The van der Waals surface area contributed by atoms with E-state index in [4.69, 9.17) is 4.42 Å². The maximum absolute atomic E-state index is 12.8. The highest BCUT2D eigenvalue weighted by Crippen LogP contribution is 2.24. The number of carbonyl (C=O) groups excluding carboxylic acids is 2. The molecule has 154 valence electrons. The summed E-state index contributed by atoms with van der Waals surface area (Å²) in [6, 6.07) is 10.0. The molecule has 29 heavy (non-hydrogen) atoms. The van der Waals surface area contributed by atoms with Crippen molar-refractivity contribution in [3.63, 3.8) is 0 Å². The molecule has 1 atom stereocenters. The van der Waals surface area contributed by atoms with E-state index in [1.54, 1.807) is 36.4 Å². The van der Waals surface area contributed by atoms with Crippen LogP contribution in [0.3, 0.4) is 0 Å². The summed E-state index contributed by atoms with van der Waals surface area (Å²) < 4.78 is 32.1. The molecule has 1 aliphatic rings. The predicted molar refractivity (Wildman–Crippen MR) is 107 cm³/mol. The Balaban J connectivity index is 1.56. The van der Waals surface area contributed by atoms with Crippen LogP contribution in [0, 0.1) is 12.8 Å². The van der Waals surface area contributed by atoms with Gasteiger partial charge in [-0.3, -0.25) is 20.4 Å². The van der Waals surface area contributed by atoms with Gasteiger partial charge in [0.25, 0.3) is 5.91 Å². The van der Waals surface area contributed by atoms with Crippen molar-refractivity contribution in [1.82, 2.24) is 15.2 Å². The van der Waals surface area contributed by atoms with Crippen LogP contribution in [-0.4, -0.2) is 37.6 Å². The minimum atomic E-state index is -3.67. The highest BCUT2D eigenvalue weighted by Gasteiger charge is 2.33. The van der Waals surface area contributed by atoms with Gasteiger partial charge in [0.1, 0.15) is 5.76 Å². The first-order chi connectivity index (χ1) is 13.9. The zero-order chi connectivity index (χ0) is 20.9. The number of sulfonamides is 1. The van der Waals surface area contributed by atoms with Crippen molar-refractivity contribution in [2.24, 2.45) is 5.92 Å². The summed E-state index contributed by atoms with van der Waals surface area (Å²) in [4.78, 5) is 24.4. The van der Waals surface area contributed by atoms with Crippen molar-refractivity contribution >= 4 is 27.9 Å². The molecular formula is C20H23N3O5S. The lowest BCUT2D eigenvalue weighted by atomic mass is 9.99. The van der Waals surface area contributed by atoms with E-state index in [9.17, 15) is 18.0 Å². The molecule has 0 unspecified atom stereocenters. The largest absolute Gasteiger partial charge is 0.465 e. The number of amides is 2. The maximum Gasteiger partial charge on any atom is 0.262 e. The van der Waals surface area contributed by atoms with Crippen molar-refractivity contribution in [2.75, 3.05) is 13.1 Å². The van der Waals surface area contributed by atoms with Crippen molar-refractivity contribution < 1.29 is 22.4 Å². The molecule has 1 saturated heterocycles. The molecule has 1 aliphatic heterocycles. The number of rotatable bonds is 5. The number of furan rings is 1. The van der Waals surface area contributed by atoms with Gasteiger partial charge >= 0.3 is 0 Å². The Bertz CT molecular complexity index is 982. The number of hydrogen-bond acceptors (Lipinski definition) is 5. The van der Waals surface area contributed by atoms with Gasteiger partial charge in [-0.15, -0.1) is 0 Å². The smallest absolute Gasteiger partial charge is 0.262 e. The maximum atomic E-state index is 12.8. The van der Waals surface area contributed by atoms with E-state index in [1.165, 1.54) is 22.7 Å². The third kappa shape index (κ3) is 5.33. The Kier molecular flexibility index (Phi) is 6.50. The molecule has 0 aliphatic carbocycles. The second-order valence-corrected chi connectivity index (χ2v) is 8.78. The molecular weight excluding hydrogens is 394 g/mol. The Morgan fingerprint density at radius 2 is 1.93 bits per heavy atom. The lowest BCUT2D eigenvalue weighted by Gasteiger charge is -2.31. The van der Waals surface area contributed by atoms with Crippen LogP contribution in [0.2, 0.25) is 0 Å². The Morgan fingerprint density at radius 1 is 1.17 bits per heavy atom. The SMILES string of the molecule is Cc1ccc(S(=O)(=O)N2CCC[C@@H](C(=O)NNC(=O)/C=C/c3ccco3)C2)cc1. The minimum Gasteiger partial charge on any atom is -0.465 e. The average molecular weight is 417 g/mol. The van der Waals surface area contributed by atoms with E-state index in [2.05, 4.69) is 10.9 Å². The number of hydrazine groups is 1. The average Bonchev–Trinajstić information content (AvgIpc) is 3.24. The minimum absolute atomic E-state index is 0.0696. The number of carbonyl (C=O) groups is 2. The zero-order valence-corrected chi connectivity index (χ0v) is 16.8. The van der Waals surface area contributed by atoms with Crippen molar-refractivity contribution in [3.8, 4) is 0 Å². The van der Waals surface area contributed by atoms with Crippen LogP contribution in [0.5, 0.6) is 0 Å². The molecule has 2 heterocycles. The summed E-state index contributed by atoms with van der Waals surface area (Å²) >= 11 is 0. The molecule has 0 radical (unpaired) electrons. The number of piperidine rings is 1. The van der Waals surface area contributed by atoms with Crippen LogP contribution in [0.15, 0.2) is 58.1 Å². The highest BCUT2D eigenvalue weighted by atomic mass is 32.2. The number of aryl methyl sites for hydroxylation is 1. The van der Waals surface area contributed by atoms with Crippen molar-refractivity contribution in [2.45, 2.75) is 24.7 Å². The summed E-state index contributed by atoms with van der Waals surface area (Å²) in [5, 5.41) is 0. The van der Waals surface area contributed by atoms with Crippen LogP contribution in [0.4, 0.5) is 0 Å². The molecule has 9 heteroatoms. The molecule has 8 nitrogen and oxygen atoms in total. The highest BCUT2D eigenvalue weighted by molar-refractivity contribution is 7.89. The molecule has 2 amide bonds. The van der Waals surface area contributed by atoms with Gasteiger partial charge in [0.2, 0.25) is 15.9 Å². The van der Waals surface area contributed by atoms with Gasteiger partial charge in [-0.25, -0.2) is 8.42 Å². The molecule has 2 aromatic rings. The van der Waals surface area contributed by atoms with E-state index in [0.717, 1.165) is 5.56 Å². The first-order valence-electron chi connectivity index (χ1n) is 9.24. The quantitative estimate of drug-likeness (QED) is 0.570. The van der Waals surface area contributed by atoms with E-state index in [1.807, 2.05) is 6.92 Å². The number of hydrogen-bond donors (Lipinski definition) is 2. The molecule has 1 fully saturated rings. The monoisotopic (exact) mass is 417 g/mol. The van der Waals surface area contributed by atoms with Gasteiger partial charge in [0, 0.05) is 19.2 Å². The molecule has 0 bridgehead atoms. The Labute approximate surface area is 169 Å². The van der Waals surface area contributed by atoms with Crippen LogP contribution in [0.25, 0.3) is 6.08 Å². The predicted octanol–water partition coefficient (Wildman–Crippen LogP) is 1.85. The lowest BCUT2D eigenvalue weighted by Crippen LogP contribution is -2.49. The number of nitrogens with one attached hydrogen (secondary N) is 2. The summed E-state index contributed by atoms with van der Waals surface area (Å²) in [7, 11) is -3.67. The Hall–Kier alpha value is -2.91. The molecule has 0 saturated carbocycles. The number of benzene rings is 1.